The highest BCUT2D eigenvalue weighted by Crippen LogP contribution is 2.28. The van der Waals surface area contributed by atoms with E-state index in [1.807, 2.05) is 12.1 Å². The van der Waals surface area contributed by atoms with Crippen LogP contribution in [0.15, 0.2) is 24.3 Å². The fourth-order valence-corrected chi connectivity index (χ4v) is 2.75. The molecule has 0 bridgehead atoms. The fraction of sp³-hybridized carbons (Fsp3) is 0.562. The van der Waals surface area contributed by atoms with Crippen molar-refractivity contribution in [1.29, 1.82) is 5.26 Å². The van der Waals surface area contributed by atoms with Crippen LogP contribution in [0.25, 0.3) is 0 Å². The average Bonchev–Trinajstić information content (AvgIpc) is 2.45. The van der Waals surface area contributed by atoms with Gasteiger partial charge in [-0.15, -0.1) is 24.8 Å². The molecule has 1 heterocycles. The molecule has 0 aromatic heterocycles. The predicted molar refractivity (Wildman–Crippen MR) is 92.3 cm³/mol. The Kier molecular flexibility index (Phi) is 9.65. The molecule has 0 unspecified atom stereocenters. The maximum absolute atomic E-state index is 9.06. The van der Waals surface area contributed by atoms with E-state index >= 15 is 0 Å². The zero-order valence-corrected chi connectivity index (χ0v) is 14.3. The van der Waals surface area contributed by atoms with Crippen molar-refractivity contribution in [3.8, 4) is 6.07 Å². The van der Waals surface area contributed by atoms with Gasteiger partial charge in [0.25, 0.3) is 0 Å². The minimum Gasteiger partial charge on any atom is -0.314 e. The summed E-state index contributed by atoms with van der Waals surface area (Å²) in [6, 6.07) is 10.8. The first-order chi connectivity index (χ1) is 9.20. The van der Waals surface area contributed by atoms with Crippen LogP contribution in [0.1, 0.15) is 37.4 Å². The molecule has 1 fully saturated rings. The van der Waals surface area contributed by atoms with Gasteiger partial charge in [0.2, 0.25) is 0 Å². The minimum absolute atomic E-state index is 0. The van der Waals surface area contributed by atoms with Gasteiger partial charge in [0.1, 0.15) is 0 Å². The van der Waals surface area contributed by atoms with Crippen LogP contribution in [0.5, 0.6) is 0 Å². The zero-order chi connectivity index (χ0) is 13.7. The van der Waals surface area contributed by atoms with Gasteiger partial charge in [-0.05, 0) is 30.0 Å². The molecule has 1 atom stereocenters. The van der Waals surface area contributed by atoms with Crippen LogP contribution in [0.3, 0.4) is 0 Å². The Morgan fingerprint density at radius 2 is 1.90 bits per heavy atom. The number of nitrogens with one attached hydrogen (secondary N) is 1. The molecular weight excluding hydrogens is 305 g/mol. The van der Waals surface area contributed by atoms with Crippen molar-refractivity contribution in [3.05, 3.63) is 35.4 Å². The van der Waals surface area contributed by atoms with Gasteiger partial charge in [0.15, 0.2) is 0 Å². The molecule has 118 valence electrons. The molecule has 3 nitrogen and oxygen atoms in total. The van der Waals surface area contributed by atoms with E-state index in [0.717, 1.165) is 38.2 Å². The number of hydrogen-bond acceptors (Lipinski definition) is 3. The van der Waals surface area contributed by atoms with Crippen molar-refractivity contribution in [2.24, 2.45) is 5.92 Å². The molecule has 1 aliphatic rings. The number of halogens is 2. The van der Waals surface area contributed by atoms with Crippen molar-refractivity contribution in [1.82, 2.24) is 10.2 Å². The third-order valence-electron chi connectivity index (χ3n) is 3.69. The van der Waals surface area contributed by atoms with Crippen molar-refractivity contribution in [2.75, 3.05) is 26.2 Å². The Balaban J connectivity index is 0.00000200. The van der Waals surface area contributed by atoms with Crippen molar-refractivity contribution in [2.45, 2.75) is 26.3 Å². The summed E-state index contributed by atoms with van der Waals surface area (Å²) < 4.78 is 0. The lowest BCUT2D eigenvalue weighted by molar-refractivity contribution is 0.154. The number of piperazine rings is 1. The van der Waals surface area contributed by atoms with Crippen molar-refractivity contribution >= 4 is 24.8 Å². The number of nitrogens with zero attached hydrogens (tertiary/aromatic N) is 2. The SMILES string of the molecule is CC(C)C[C@@H](c1cccc(C#N)c1)N1CCNCC1.Cl.Cl. The van der Waals surface area contributed by atoms with Crippen LogP contribution in [0.4, 0.5) is 0 Å². The zero-order valence-electron chi connectivity index (χ0n) is 12.7. The van der Waals surface area contributed by atoms with Crippen molar-refractivity contribution in [3.63, 3.8) is 0 Å². The normalized spacial score (nSPS) is 16.5. The van der Waals surface area contributed by atoms with Crippen molar-refractivity contribution < 1.29 is 0 Å². The maximum atomic E-state index is 9.06. The molecule has 0 amide bonds. The van der Waals surface area contributed by atoms with E-state index in [9.17, 15) is 0 Å². The van der Waals surface area contributed by atoms with E-state index in [0.29, 0.717) is 12.0 Å². The van der Waals surface area contributed by atoms with Crippen LogP contribution in [-0.4, -0.2) is 31.1 Å². The van der Waals surface area contributed by atoms with E-state index in [1.54, 1.807) is 0 Å². The van der Waals surface area contributed by atoms with Crippen LogP contribution >= 0.6 is 24.8 Å². The standard InChI is InChI=1S/C16H23N3.2ClH/c1-13(2)10-16(19-8-6-18-7-9-19)15-5-3-4-14(11-15)12-17;;/h3-5,11,13,16,18H,6-10H2,1-2H3;2*1H/t16-;;/m0../s1. The van der Waals surface area contributed by atoms with Gasteiger partial charge in [0, 0.05) is 32.2 Å². The average molecular weight is 330 g/mol. The summed E-state index contributed by atoms with van der Waals surface area (Å²) in [7, 11) is 0. The van der Waals surface area contributed by atoms with Gasteiger partial charge in [-0.3, -0.25) is 4.90 Å². The molecule has 5 heteroatoms. The first-order valence-electron chi connectivity index (χ1n) is 7.15. The second-order valence-corrected chi connectivity index (χ2v) is 5.67. The summed E-state index contributed by atoms with van der Waals surface area (Å²) in [5.74, 6) is 0.658. The Morgan fingerprint density at radius 3 is 2.48 bits per heavy atom. The summed E-state index contributed by atoms with van der Waals surface area (Å²) in [6.07, 6.45) is 1.15. The van der Waals surface area contributed by atoms with Crippen LogP contribution < -0.4 is 5.32 Å². The molecule has 1 aromatic carbocycles. The van der Waals surface area contributed by atoms with E-state index < -0.39 is 0 Å². The summed E-state index contributed by atoms with van der Waals surface area (Å²) in [4.78, 5) is 2.55. The van der Waals surface area contributed by atoms with Crippen LogP contribution in [0.2, 0.25) is 0 Å². The molecule has 21 heavy (non-hydrogen) atoms. The monoisotopic (exact) mass is 329 g/mol. The van der Waals surface area contributed by atoms with Gasteiger partial charge in [-0.25, -0.2) is 0 Å². The first-order valence-corrected chi connectivity index (χ1v) is 7.15. The summed E-state index contributed by atoms with van der Waals surface area (Å²) in [5, 5.41) is 12.5. The Hall–Kier alpha value is -0.790. The Morgan fingerprint density at radius 1 is 1.24 bits per heavy atom. The van der Waals surface area contributed by atoms with Gasteiger partial charge >= 0.3 is 0 Å². The number of benzene rings is 1. The Bertz CT molecular complexity index is 451. The third kappa shape index (κ3) is 5.84. The second kappa shape index (κ2) is 10.0. The molecular formula is C16H25Cl2N3. The topological polar surface area (TPSA) is 39.1 Å². The number of nitriles is 1. The maximum Gasteiger partial charge on any atom is 0.0991 e. The van der Waals surface area contributed by atoms with Crippen LogP contribution in [-0.2, 0) is 0 Å². The molecule has 0 radical (unpaired) electrons. The van der Waals surface area contributed by atoms with Gasteiger partial charge < -0.3 is 5.32 Å². The minimum atomic E-state index is 0. The van der Waals surface area contributed by atoms with Crippen LogP contribution in [0, 0.1) is 17.2 Å². The summed E-state index contributed by atoms with van der Waals surface area (Å²) in [6.45, 7) is 8.84. The second-order valence-electron chi connectivity index (χ2n) is 5.67. The molecule has 0 spiro atoms. The highest BCUT2D eigenvalue weighted by molar-refractivity contribution is 5.85. The number of rotatable bonds is 4. The van der Waals surface area contributed by atoms with Gasteiger partial charge in [-0.1, -0.05) is 26.0 Å². The molecule has 0 aliphatic carbocycles. The molecule has 2 rings (SSSR count). The van der Waals surface area contributed by atoms with Gasteiger partial charge in [0.05, 0.1) is 11.6 Å². The smallest absolute Gasteiger partial charge is 0.0991 e. The first kappa shape index (κ1) is 20.2. The molecule has 1 saturated heterocycles. The van der Waals surface area contributed by atoms with Gasteiger partial charge in [-0.2, -0.15) is 5.26 Å². The lowest BCUT2D eigenvalue weighted by atomic mass is 9.94. The lowest BCUT2D eigenvalue weighted by Crippen LogP contribution is -2.45. The third-order valence-corrected chi connectivity index (χ3v) is 3.69. The molecule has 1 aromatic rings. The summed E-state index contributed by atoms with van der Waals surface area (Å²) in [5.41, 5.74) is 2.05. The summed E-state index contributed by atoms with van der Waals surface area (Å²) >= 11 is 0. The van der Waals surface area contributed by atoms with E-state index in [4.69, 9.17) is 5.26 Å². The largest absolute Gasteiger partial charge is 0.314 e. The quantitative estimate of drug-likeness (QED) is 0.920. The van der Waals surface area contributed by atoms with E-state index in [2.05, 4.69) is 42.3 Å². The van der Waals surface area contributed by atoms with E-state index in [1.165, 1.54) is 5.56 Å². The number of hydrogen-bond donors (Lipinski definition) is 1. The molecule has 0 saturated carbocycles. The molecule has 1 aliphatic heterocycles. The highest BCUT2D eigenvalue weighted by atomic mass is 35.5. The molecule has 1 N–H and O–H groups in total. The highest BCUT2D eigenvalue weighted by Gasteiger charge is 2.23. The lowest BCUT2D eigenvalue weighted by Gasteiger charge is -2.36. The Labute approximate surface area is 140 Å². The van der Waals surface area contributed by atoms with E-state index in [-0.39, 0.29) is 24.8 Å². The predicted octanol–water partition coefficient (Wildman–Crippen LogP) is 3.39. The fourth-order valence-electron chi connectivity index (χ4n) is 2.75.